The quantitative estimate of drug-likeness (QED) is 0.373. The maximum Gasteiger partial charge on any atom is 0.340 e. The topological polar surface area (TPSA) is 114 Å². The smallest absolute Gasteiger partial charge is 0.340 e. The SMILES string of the molecule is CC[C@H]1C[C@]2(O)[C@@H]3C[C@@H]4[C@@]5(OC(=O)c6ccccc6N)CC[C@H](OC)[C@@]4(C3N(CC)C5)[C@@H]3C[C@H]1[C@H](OC)[C@@]32O. The molecular weight excluding hydrogens is 496 g/mol. The molecule has 6 fully saturated rings. The Morgan fingerprint density at radius 1 is 1.13 bits per heavy atom. The van der Waals surface area contributed by atoms with Gasteiger partial charge in [0.15, 0.2) is 0 Å². The minimum atomic E-state index is -1.36. The summed E-state index contributed by atoms with van der Waals surface area (Å²) in [4.78, 5) is 16.2. The molecule has 1 unspecified atom stereocenters. The highest BCUT2D eigenvalue weighted by Gasteiger charge is 2.88. The Labute approximate surface area is 231 Å². The molecule has 0 amide bonds. The maximum atomic E-state index is 13.7. The summed E-state index contributed by atoms with van der Waals surface area (Å²) in [6.45, 7) is 5.75. The molecule has 1 aliphatic heterocycles. The van der Waals surface area contributed by atoms with Crippen LogP contribution in [0.4, 0.5) is 5.69 Å². The van der Waals surface area contributed by atoms with Gasteiger partial charge in [-0.05, 0) is 62.6 Å². The van der Waals surface area contributed by atoms with Crippen molar-refractivity contribution in [3.05, 3.63) is 29.8 Å². The molecule has 1 aromatic rings. The van der Waals surface area contributed by atoms with Gasteiger partial charge in [0.1, 0.15) is 16.8 Å². The Kier molecular flexibility index (Phi) is 5.65. The number of hydrogen-bond donors (Lipinski definition) is 3. The summed E-state index contributed by atoms with van der Waals surface area (Å²) >= 11 is 0. The molecule has 5 aliphatic carbocycles. The molecule has 12 atom stereocenters. The normalized spacial score (nSPS) is 51.1. The van der Waals surface area contributed by atoms with E-state index in [0.717, 1.165) is 25.8 Å². The molecule has 0 radical (unpaired) electrons. The maximum absolute atomic E-state index is 13.7. The van der Waals surface area contributed by atoms with E-state index in [1.807, 2.05) is 12.1 Å². The number of esters is 1. The summed E-state index contributed by atoms with van der Waals surface area (Å²) in [5.41, 5.74) is 3.17. The van der Waals surface area contributed by atoms with Crippen LogP contribution in [-0.4, -0.2) is 83.4 Å². The lowest BCUT2D eigenvalue weighted by Crippen LogP contribution is -2.83. The van der Waals surface area contributed by atoms with Crippen LogP contribution in [0.1, 0.15) is 62.7 Å². The van der Waals surface area contributed by atoms with E-state index in [0.29, 0.717) is 43.0 Å². The molecule has 8 heteroatoms. The zero-order valence-electron chi connectivity index (χ0n) is 23.6. The third-order valence-corrected chi connectivity index (χ3v) is 12.8. The first-order valence-corrected chi connectivity index (χ1v) is 15.0. The van der Waals surface area contributed by atoms with Crippen LogP contribution in [0.25, 0.3) is 0 Å². The van der Waals surface area contributed by atoms with Gasteiger partial charge in [0.05, 0.1) is 17.8 Å². The Bertz CT molecular complexity index is 1180. The number of nitrogen functional groups attached to an aromatic ring is 1. The zero-order chi connectivity index (χ0) is 27.5. The number of aliphatic hydroxyl groups is 2. The predicted molar refractivity (Wildman–Crippen MR) is 145 cm³/mol. The molecule has 39 heavy (non-hydrogen) atoms. The molecule has 7 bridgehead atoms. The van der Waals surface area contributed by atoms with Gasteiger partial charge in [0, 0.05) is 55.7 Å². The van der Waals surface area contributed by atoms with Crippen molar-refractivity contribution in [2.45, 2.75) is 87.4 Å². The summed E-state index contributed by atoms with van der Waals surface area (Å²) in [7, 11) is 3.48. The lowest BCUT2D eigenvalue weighted by molar-refractivity contribution is -0.335. The number of anilines is 1. The standard InChI is InChI=1S/C31H44N2O6/c1-5-17-15-29(35)20-14-22-28(39-27(34)18-9-7-8-10-21(18)32)12-11-24(37-3)30(22,25(20)33(6-2)16-28)23-13-19(17)26(38-4)31(23,29)36/h7-10,17,19-20,22-26,35-36H,5-6,11-16,32H2,1-4H3/t17-,19+,20+,22+,23-,24-,25?,26-,28+,29-,30-,31-/m0/s1. The van der Waals surface area contributed by atoms with Gasteiger partial charge < -0.3 is 30.2 Å². The second-order valence-corrected chi connectivity index (χ2v) is 13.4. The number of rotatable bonds is 6. The molecule has 8 nitrogen and oxygen atoms in total. The minimum absolute atomic E-state index is 0.0321. The fourth-order valence-corrected chi connectivity index (χ4v) is 11.7. The second-order valence-electron chi connectivity index (χ2n) is 13.4. The molecule has 1 aromatic carbocycles. The van der Waals surface area contributed by atoms with E-state index in [1.165, 1.54) is 0 Å². The zero-order valence-corrected chi connectivity index (χ0v) is 23.6. The molecule has 1 spiro atoms. The molecule has 6 aliphatic rings. The predicted octanol–water partition coefficient (Wildman–Crippen LogP) is 2.86. The molecular formula is C31H44N2O6. The van der Waals surface area contributed by atoms with Crippen molar-refractivity contribution in [3.8, 4) is 0 Å². The second kappa shape index (κ2) is 8.41. The van der Waals surface area contributed by atoms with Crippen LogP contribution in [0.3, 0.4) is 0 Å². The largest absolute Gasteiger partial charge is 0.454 e. The van der Waals surface area contributed by atoms with E-state index in [9.17, 15) is 15.0 Å². The van der Waals surface area contributed by atoms with Crippen LogP contribution < -0.4 is 5.73 Å². The number of hydrogen-bond acceptors (Lipinski definition) is 8. The van der Waals surface area contributed by atoms with Gasteiger partial charge in [-0.2, -0.15) is 0 Å². The molecule has 4 N–H and O–H groups in total. The number of piperidine rings is 1. The first-order chi connectivity index (χ1) is 18.7. The number of methoxy groups -OCH3 is 2. The van der Waals surface area contributed by atoms with Crippen LogP contribution in [0, 0.1) is 35.0 Å². The fourth-order valence-electron chi connectivity index (χ4n) is 11.7. The van der Waals surface area contributed by atoms with Crippen LogP contribution in [0.15, 0.2) is 24.3 Å². The molecule has 214 valence electrons. The summed E-state index contributed by atoms with van der Waals surface area (Å²) < 4.78 is 19.1. The number of likely N-dealkylation sites (tertiary alicyclic amines) is 1. The summed E-state index contributed by atoms with van der Waals surface area (Å²) in [6.07, 6.45) is 3.95. The van der Waals surface area contributed by atoms with Gasteiger partial charge in [0.2, 0.25) is 0 Å². The summed E-state index contributed by atoms with van der Waals surface area (Å²) in [5.74, 6) is -0.320. The van der Waals surface area contributed by atoms with Crippen molar-refractivity contribution in [1.29, 1.82) is 0 Å². The van der Waals surface area contributed by atoms with Crippen molar-refractivity contribution in [1.82, 2.24) is 4.90 Å². The van der Waals surface area contributed by atoms with Crippen molar-refractivity contribution in [3.63, 3.8) is 0 Å². The van der Waals surface area contributed by atoms with E-state index in [2.05, 4.69) is 18.7 Å². The monoisotopic (exact) mass is 540 g/mol. The van der Waals surface area contributed by atoms with Gasteiger partial charge in [0.25, 0.3) is 0 Å². The van der Waals surface area contributed by atoms with Gasteiger partial charge >= 0.3 is 5.97 Å². The number of benzene rings is 1. The van der Waals surface area contributed by atoms with Gasteiger partial charge in [-0.25, -0.2) is 4.79 Å². The molecule has 0 aromatic heterocycles. The van der Waals surface area contributed by atoms with Gasteiger partial charge in [-0.1, -0.05) is 32.4 Å². The third kappa shape index (κ3) is 2.81. The average Bonchev–Trinajstić information content (AvgIpc) is 3.35. The number of likely N-dealkylation sites (N-methyl/N-ethyl adjacent to an activating group) is 1. The molecule has 7 rings (SSSR count). The van der Waals surface area contributed by atoms with Gasteiger partial charge in [-0.15, -0.1) is 0 Å². The Morgan fingerprint density at radius 3 is 2.56 bits per heavy atom. The van der Waals surface area contributed by atoms with Crippen molar-refractivity contribution >= 4 is 11.7 Å². The van der Waals surface area contributed by atoms with Crippen LogP contribution >= 0.6 is 0 Å². The fraction of sp³-hybridized carbons (Fsp3) is 0.774. The first kappa shape index (κ1) is 26.2. The highest BCUT2D eigenvalue weighted by Crippen LogP contribution is 2.79. The molecule has 5 saturated carbocycles. The lowest BCUT2D eigenvalue weighted by atomic mass is 9.43. The van der Waals surface area contributed by atoms with Crippen LogP contribution in [0.5, 0.6) is 0 Å². The Hall–Kier alpha value is -1.71. The van der Waals surface area contributed by atoms with E-state index >= 15 is 0 Å². The highest BCUT2D eigenvalue weighted by atomic mass is 16.6. The first-order valence-electron chi connectivity index (χ1n) is 15.0. The molecule has 1 saturated heterocycles. The number of fused-ring (bicyclic) bond motifs is 2. The highest BCUT2D eigenvalue weighted by molar-refractivity contribution is 5.95. The lowest BCUT2D eigenvalue weighted by Gasteiger charge is -2.70. The van der Waals surface area contributed by atoms with Crippen molar-refractivity contribution in [2.75, 3.05) is 33.0 Å². The van der Waals surface area contributed by atoms with Crippen LogP contribution in [0.2, 0.25) is 0 Å². The van der Waals surface area contributed by atoms with Crippen molar-refractivity contribution in [2.24, 2.45) is 35.0 Å². The summed E-state index contributed by atoms with van der Waals surface area (Å²) in [6, 6.07) is 7.14. The number of carbonyl (C=O) groups is 1. The molecule has 1 heterocycles. The van der Waals surface area contributed by atoms with Crippen LogP contribution in [-0.2, 0) is 14.2 Å². The number of para-hydroxylation sites is 1. The third-order valence-electron chi connectivity index (χ3n) is 12.8. The van der Waals surface area contributed by atoms with Crippen molar-refractivity contribution < 1.29 is 29.2 Å². The van der Waals surface area contributed by atoms with E-state index < -0.39 is 34.3 Å². The average molecular weight is 541 g/mol. The minimum Gasteiger partial charge on any atom is -0.454 e. The number of ether oxygens (including phenoxy) is 3. The van der Waals surface area contributed by atoms with Gasteiger partial charge in [-0.3, -0.25) is 4.90 Å². The van der Waals surface area contributed by atoms with E-state index in [-0.39, 0.29) is 35.8 Å². The van der Waals surface area contributed by atoms with E-state index in [1.54, 1.807) is 26.4 Å². The van der Waals surface area contributed by atoms with E-state index in [4.69, 9.17) is 19.9 Å². The number of nitrogens with two attached hydrogens (primary N) is 1. The number of nitrogens with zero attached hydrogens (tertiary/aromatic N) is 1. The number of carbonyl (C=O) groups excluding carboxylic acids is 1. The Balaban J connectivity index is 1.42. The Morgan fingerprint density at radius 2 is 1.90 bits per heavy atom. The summed E-state index contributed by atoms with van der Waals surface area (Å²) in [5, 5.41) is 25.7.